The number of carbonyl (C=O) groups is 1. The summed E-state index contributed by atoms with van der Waals surface area (Å²) in [7, 11) is 0. The summed E-state index contributed by atoms with van der Waals surface area (Å²) in [6.07, 6.45) is -0.514. The van der Waals surface area contributed by atoms with Gasteiger partial charge in [0.1, 0.15) is 5.82 Å². The maximum absolute atomic E-state index is 12.9. The first-order valence-electron chi connectivity index (χ1n) is 5.14. The van der Waals surface area contributed by atoms with Crippen LogP contribution in [0.2, 0.25) is 0 Å². The number of hydrogen-bond acceptors (Lipinski definition) is 2. The van der Waals surface area contributed by atoms with E-state index in [0.29, 0.717) is 5.69 Å². The molecule has 0 aliphatic carbocycles. The molecule has 1 unspecified atom stereocenters. The second-order valence-corrected chi connectivity index (χ2v) is 3.99. The summed E-state index contributed by atoms with van der Waals surface area (Å²) in [6, 6.07) is 4.22. The van der Waals surface area contributed by atoms with Gasteiger partial charge in [-0.3, -0.25) is 10.1 Å². The molecule has 3 nitrogen and oxygen atoms in total. The molecule has 0 radical (unpaired) electrons. The van der Waals surface area contributed by atoms with Gasteiger partial charge in [0.25, 0.3) is 5.92 Å². The zero-order valence-electron chi connectivity index (χ0n) is 9.25. The Morgan fingerprint density at radius 3 is 2.44 bits per heavy atom. The molecule has 1 atom stereocenters. The standard InChI is InChI=1S/C11H11F3N2O.ClH/c12-7-1-3-8(4-2-7)16-10(17)9-5-11(13,14)6-15-9;/h1-4,9,15H,5-6H2,(H,16,17);1H. The number of amides is 1. The Morgan fingerprint density at radius 2 is 1.94 bits per heavy atom. The SMILES string of the molecule is Cl.O=C(Nc1ccc(F)cc1)C1CC(F)(F)CN1. The minimum absolute atomic E-state index is 0. The molecule has 18 heavy (non-hydrogen) atoms. The molecule has 1 aromatic carbocycles. The van der Waals surface area contributed by atoms with Crippen LogP contribution in [0.1, 0.15) is 6.42 Å². The van der Waals surface area contributed by atoms with Gasteiger partial charge in [0.05, 0.1) is 12.6 Å². The molecule has 2 rings (SSSR count). The highest BCUT2D eigenvalue weighted by molar-refractivity contribution is 5.95. The van der Waals surface area contributed by atoms with E-state index in [-0.39, 0.29) is 12.4 Å². The van der Waals surface area contributed by atoms with Crippen molar-refractivity contribution in [1.82, 2.24) is 5.32 Å². The molecule has 100 valence electrons. The zero-order valence-corrected chi connectivity index (χ0v) is 10.1. The van der Waals surface area contributed by atoms with E-state index in [4.69, 9.17) is 0 Å². The number of carbonyl (C=O) groups excluding carboxylic acids is 1. The predicted octanol–water partition coefficient (Wildman–Crippen LogP) is 2.18. The molecule has 1 heterocycles. The third-order valence-electron chi connectivity index (χ3n) is 2.54. The van der Waals surface area contributed by atoms with Crippen molar-refractivity contribution in [2.24, 2.45) is 0 Å². The molecule has 1 aliphatic rings. The fraction of sp³-hybridized carbons (Fsp3) is 0.364. The molecule has 0 spiro atoms. The summed E-state index contributed by atoms with van der Waals surface area (Å²) < 4.78 is 38.3. The molecule has 1 aliphatic heterocycles. The number of hydrogen-bond donors (Lipinski definition) is 2. The van der Waals surface area contributed by atoms with Crippen molar-refractivity contribution in [1.29, 1.82) is 0 Å². The lowest BCUT2D eigenvalue weighted by Gasteiger charge is -2.11. The van der Waals surface area contributed by atoms with Gasteiger partial charge in [0, 0.05) is 12.1 Å². The van der Waals surface area contributed by atoms with Crippen LogP contribution in [0.25, 0.3) is 0 Å². The number of alkyl halides is 2. The quantitative estimate of drug-likeness (QED) is 0.872. The van der Waals surface area contributed by atoms with Crippen LogP contribution in [0.3, 0.4) is 0 Å². The Balaban J connectivity index is 0.00000162. The first-order chi connectivity index (χ1) is 7.96. The lowest BCUT2D eigenvalue weighted by atomic mass is 10.2. The third-order valence-corrected chi connectivity index (χ3v) is 2.54. The number of halogens is 4. The molecule has 7 heteroatoms. The fourth-order valence-corrected chi connectivity index (χ4v) is 1.66. The van der Waals surface area contributed by atoms with Gasteiger partial charge < -0.3 is 5.32 Å². The molecule has 1 aromatic rings. The van der Waals surface area contributed by atoms with E-state index < -0.39 is 36.7 Å². The summed E-state index contributed by atoms with van der Waals surface area (Å²) >= 11 is 0. The summed E-state index contributed by atoms with van der Waals surface area (Å²) in [5.41, 5.74) is 0.383. The van der Waals surface area contributed by atoms with Gasteiger partial charge in [-0.1, -0.05) is 0 Å². The number of nitrogens with one attached hydrogen (secondary N) is 2. The van der Waals surface area contributed by atoms with Gasteiger partial charge in [0.2, 0.25) is 5.91 Å². The fourth-order valence-electron chi connectivity index (χ4n) is 1.66. The summed E-state index contributed by atoms with van der Waals surface area (Å²) in [5.74, 6) is -3.80. The lowest BCUT2D eigenvalue weighted by Crippen LogP contribution is -2.35. The van der Waals surface area contributed by atoms with E-state index in [2.05, 4.69) is 10.6 Å². The topological polar surface area (TPSA) is 41.1 Å². The smallest absolute Gasteiger partial charge is 0.262 e. The summed E-state index contributed by atoms with van der Waals surface area (Å²) in [6.45, 7) is -0.492. The summed E-state index contributed by atoms with van der Waals surface area (Å²) in [5, 5.41) is 4.89. The number of rotatable bonds is 2. The van der Waals surface area contributed by atoms with E-state index in [1.807, 2.05) is 0 Å². The molecule has 0 aromatic heterocycles. The Kier molecular flexibility index (Phi) is 4.59. The normalized spacial score (nSPS) is 21.2. The van der Waals surface area contributed by atoms with E-state index in [1.54, 1.807) is 0 Å². The van der Waals surface area contributed by atoms with Crippen LogP contribution in [-0.2, 0) is 4.79 Å². The largest absolute Gasteiger partial charge is 0.325 e. The van der Waals surface area contributed by atoms with Crippen molar-refractivity contribution in [3.63, 3.8) is 0 Å². The van der Waals surface area contributed by atoms with E-state index in [1.165, 1.54) is 24.3 Å². The number of benzene rings is 1. The monoisotopic (exact) mass is 280 g/mol. The minimum atomic E-state index is -2.84. The van der Waals surface area contributed by atoms with Crippen molar-refractivity contribution >= 4 is 24.0 Å². The van der Waals surface area contributed by atoms with Crippen LogP contribution < -0.4 is 10.6 Å². The van der Waals surface area contributed by atoms with Crippen LogP contribution in [-0.4, -0.2) is 24.4 Å². The first kappa shape index (κ1) is 14.8. The van der Waals surface area contributed by atoms with Crippen molar-refractivity contribution in [2.75, 3.05) is 11.9 Å². The van der Waals surface area contributed by atoms with Crippen molar-refractivity contribution < 1.29 is 18.0 Å². The Bertz CT molecular complexity index is 425. The predicted molar refractivity (Wildman–Crippen MR) is 63.6 cm³/mol. The molecule has 1 fully saturated rings. The van der Waals surface area contributed by atoms with Gasteiger partial charge in [-0.25, -0.2) is 13.2 Å². The van der Waals surface area contributed by atoms with Crippen molar-refractivity contribution in [2.45, 2.75) is 18.4 Å². The minimum Gasteiger partial charge on any atom is -0.325 e. The molecule has 2 N–H and O–H groups in total. The van der Waals surface area contributed by atoms with E-state index in [9.17, 15) is 18.0 Å². The van der Waals surface area contributed by atoms with Gasteiger partial charge >= 0.3 is 0 Å². The van der Waals surface area contributed by atoms with E-state index in [0.717, 1.165) is 0 Å². The second kappa shape index (κ2) is 5.58. The first-order valence-corrected chi connectivity index (χ1v) is 5.14. The Labute approximate surface area is 108 Å². The Morgan fingerprint density at radius 1 is 1.33 bits per heavy atom. The average molecular weight is 281 g/mol. The van der Waals surface area contributed by atoms with Crippen LogP contribution in [0, 0.1) is 5.82 Å². The van der Waals surface area contributed by atoms with Gasteiger partial charge in [-0.15, -0.1) is 12.4 Å². The van der Waals surface area contributed by atoms with E-state index >= 15 is 0 Å². The summed E-state index contributed by atoms with van der Waals surface area (Å²) in [4.78, 5) is 11.6. The highest BCUT2D eigenvalue weighted by atomic mass is 35.5. The van der Waals surface area contributed by atoms with Gasteiger partial charge in [-0.05, 0) is 24.3 Å². The Hall–Kier alpha value is -1.27. The third kappa shape index (κ3) is 3.61. The average Bonchev–Trinajstić information content (AvgIpc) is 2.62. The molecule has 1 amide bonds. The van der Waals surface area contributed by atoms with Crippen LogP contribution in [0.4, 0.5) is 18.9 Å². The second-order valence-electron chi connectivity index (χ2n) is 3.99. The molecular formula is C11H12ClF3N2O. The number of anilines is 1. The highest BCUT2D eigenvalue weighted by Gasteiger charge is 2.42. The molecular weight excluding hydrogens is 269 g/mol. The van der Waals surface area contributed by atoms with Gasteiger partial charge in [-0.2, -0.15) is 0 Å². The maximum Gasteiger partial charge on any atom is 0.262 e. The zero-order chi connectivity index (χ0) is 12.5. The van der Waals surface area contributed by atoms with Crippen molar-refractivity contribution in [3.05, 3.63) is 30.1 Å². The van der Waals surface area contributed by atoms with Gasteiger partial charge in [0.15, 0.2) is 0 Å². The van der Waals surface area contributed by atoms with Crippen LogP contribution in [0.5, 0.6) is 0 Å². The van der Waals surface area contributed by atoms with Crippen LogP contribution >= 0.6 is 12.4 Å². The maximum atomic E-state index is 12.9. The highest BCUT2D eigenvalue weighted by Crippen LogP contribution is 2.25. The van der Waals surface area contributed by atoms with Crippen LogP contribution in [0.15, 0.2) is 24.3 Å². The van der Waals surface area contributed by atoms with Crippen molar-refractivity contribution in [3.8, 4) is 0 Å². The molecule has 0 bridgehead atoms. The molecule has 0 saturated carbocycles. The lowest BCUT2D eigenvalue weighted by molar-refractivity contribution is -0.118. The molecule has 1 saturated heterocycles.